The summed E-state index contributed by atoms with van der Waals surface area (Å²) in [6.45, 7) is 7.25. The number of halogens is 2. The molecule has 3 aromatic carbocycles. The molecule has 2 unspecified atom stereocenters. The van der Waals surface area contributed by atoms with Crippen LogP contribution in [-0.2, 0) is 30.2 Å². The van der Waals surface area contributed by atoms with Crippen molar-refractivity contribution in [1.29, 1.82) is 0 Å². The molecule has 0 N–H and O–H groups in total. The van der Waals surface area contributed by atoms with Crippen LogP contribution in [0.25, 0.3) is 0 Å². The van der Waals surface area contributed by atoms with Gasteiger partial charge in [0.25, 0.3) is 0 Å². The Bertz CT molecular complexity index is 2160. The Morgan fingerprint density at radius 3 is 1.76 bits per heavy atom. The van der Waals surface area contributed by atoms with E-state index in [1.54, 1.807) is 36.4 Å². The minimum absolute atomic E-state index is 0.0831. The molecule has 0 saturated carbocycles. The summed E-state index contributed by atoms with van der Waals surface area (Å²) >= 11 is 10.3. The Hall–Kier alpha value is -3.04. The van der Waals surface area contributed by atoms with E-state index in [1.807, 2.05) is 54.6 Å². The van der Waals surface area contributed by atoms with Crippen molar-refractivity contribution in [3.63, 3.8) is 0 Å². The number of quaternary nitrogens is 1. The second-order valence-electron chi connectivity index (χ2n) is 15.5. The van der Waals surface area contributed by atoms with Crippen LogP contribution >= 0.6 is 27.5 Å². The first-order valence-electron chi connectivity index (χ1n) is 18.3. The van der Waals surface area contributed by atoms with Gasteiger partial charge in [0.1, 0.15) is 39.7 Å². The highest BCUT2D eigenvalue weighted by molar-refractivity contribution is 9.10. The molecule has 0 radical (unpaired) electrons. The Morgan fingerprint density at radius 2 is 1.26 bits per heavy atom. The number of cyclic esters (lactones) is 1. The smallest absolute Gasteiger partial charge is 0.457 e. The highest BCUT2D eigenvalue weighted by atomic mass is 79.9. The summed E-state index contributed by atoms with van der Waals surface area (Å²) in [6, 6.07) is 22.2. The van der Waals surface area contributed by atoms with E-state index in [1.165, 1.54) is 8.61 Å². The molecule has 0 bridgehead atoms. The summed E-state index contributed by atoms with van der Waals surface area (Å²) in [5, 5.41) is 0. The fraction of sp³-hybridized carbons (Fsp3) is 0.425. The molecular formula is C40H46BrClN3O7S2+. The molecule has 3 saturated heterocycles. The van der Waals surface area contributed by atoms with Crippen molar-refractivity contribution in [2.45, 2.75) is 83.9 Å². The molecule has 7 rings (SSSR count). The van der Waals surface area contributed by atoms with Gasteiger partial charge in [-0.1, -0.05) is 67.0 Å². The van der Waals surface area contributed by atoms with Gasteiger partial charge in [0.2, 0.25) is 20.0 Å². The maximum absolute atomic E-state index is 14.4. The van der Waals surface area contributed by atoms with Crippen LogP contribution in [0.3, 0.4) is 0 Å². The third kappa shape index (κ3) is 7.45. The standard InChI is InChI=1S/C40H46BrClN3O7S2/c1-39(2,3)30-9-13-35(14-10-30)53(47,48)43-23-18-31(19-24-43)45(37-17-22-40(41,42)27-29(37)28-51-38(45)46)32-20-25-44(26-21-32)54(49,50)36-15-11-34(12-16-36)52-33-7-5-4-6-8-33/h4-17,27,31-32H,18-26,28H2,1-3H3/q+1. The van der Waals surface area contributed by atoms with Gasteiger partial charge >= 0.3 is 6.09 Å². The molecule has 3 aromatic rings. The number of nitrogens with zero attached hydrogens (tertiary/aromatic N) is 3. The van der Waals surface area contributed by atoms with E-state index in [0.29, 0.717) is 43.6 Å². The molecule has 3 heterocycles. The molecule has 4 aliphatic rings. The molecule has 2 atom stereocenters. The Labute approximate surface area is 332 Å². The summed E-state index contributed by atoms with van der Waals surface area (Å²) in [5.41, 5.74) is 2.59. The van der Waals surface area contributed by atoms with Crippen molar-refractivity contribution < 1.29 is 35.6 Å². The van der Waals surface area contributed by atoms with Crippen molar-refractivity contribution >= 4 is 53.7 Å². The molecule has 288 valence electrons. The highest BCUT2D eigenvalue weighted by Crippen LogP contribution is 2.48. The van der Waals surface area contributed by atoms with Crippen LogP contribution in [0, 0.1) is 0 Å². The zero-order valence-corrected chi connectivity index (χ0v) is 34.6. The van der Waals surface area contributed by atoms with Crippen LogP contribution in [0.5, 0.6) is 11.5 Å². The average molecular weight is 860 g/mol. The lowest BCUT2D eigenvalue weighted by molar-refractivity contribution is -0.875. The van der Waals surface area contributed by atoms with Crippen LogP contribution in [0.4, 0.5) is 4.79 Å². The van der Waals surface area contributed by atoms with E-state index < -0.39 is 23.8 Å². The molecule has 3 fully saturated rings. The molecular weight excluding hydrogens is 814 g/mol. The van der Waals surface area contributed by atoms with E-state index in [9.17, 15) is 21.6 Å². The Morgan fingerprint density at radius 1 is 0.778 bits per heavy atom. The van der Waals surface area contributed by atoms with E-state index >= 15 is 0 Å². The number of alkyl halides is 2. The Balaban J connectivity index is 1.12. The molecule has 1 aliphatic carbocycles. The van der Waals surface area contributed by atoms with Crippen molar-refractivity contribution in [3.05, 3.63) is 108 Å². The maximum atomic E-state index is 14.4. The lowest BCUT2D eigenvalue weighted by Crippen LogP contribution is -2.69. The zero-order chi connectivity index (χ0) is 38.5. The molecule has 54 heavy (non-hydrogen) atoms. The van der Waals surface area contributed by atoms with Gasteiger partial charge in [-0.2, -0.15) is 17.9 Å². The van der Waals surface area contributed by atoms with Gasteiger partial charge in [0.15, 0.2) is 0 Å². The predicted octanol–water partition coefficient (Wildman–Crippen LogP) is 8.29. The average Bonchev–Trinajstić information content (AvgIpc) is 3.15. The number of amides is 1. The second kappa shape index (κ2) is 14.8. The normalized spacial score (nSPS) is 25.3. The van der Waals surface area contributed by atoms with Crippen LogP contribution in [-0.4, -0.2) is 84.7 Å². The van der Waals surface area contributed by atoms with Gasteiger partial charge in [0, 0.05) is 63.9 Å². The van der Waals surface area contributed by atoms with E-state index in [0.717, 1.165) is 16.8 Å². The minimum Gasteiger partial charge on any atom is -0.457 e. The van der Waals surface area contributed by atoms with E-state index in [-0.39, 0.29) is 70.7 Å². The number of para-hydroxylation sites is 1. The van der Waals surface area contributed by atoms with E-state index in [4.69, 9.17) is 21.1 Å². The molecule has 0 aromatic heterocycles. The number of sulfonamides is 2. The number of benzene rings is 3. The Kier molecular flexibility index (Phi) is 10.7. The van der Waals surface area contributed by atoms with Gasteiger partial charge in [0.05, 0.1) is 9.79 Å². The first-order chi connectivity index (χ1) is 25.5. The quantitative estimate of drug-likeness (QED) is 0.166. The number of allylic oxidation sites excluding steroid dienone is 2. The van der Waals surface area contributed by atoms with Crippen molar-refractivity contribution in [2.24, 2.45) is 0 Å². The van der Waals surface area contributed by atoms with Crippen LogP contribution in [0.1, 0.15) is 58.4 Å². The monoisotopic (exact) mass is 858 g/mol. The molecule has 3 aliphatic heterocycles. The second-order valence-corrected chi connectivity index (χ2v) is 21.9. The van der Waals surface area contributed by atoms with Gasteiger partial charge in [-0.3, -0.25) is 0 Å². The molecule has 0 spiro atoms. The number of carbonyl (C=O) groups is 1. The summed E-state index contributed by atoms with van der Waals surface area (Å²) in [5.74, 6) is 1.18. The van der Waals surface area contributed by atoms with E-state index in [2.05, 4.69) is 36.7 Å². The maximum Gasteiger partial charge on any atom is 0.522 e. The topological polar surface area (TPSA) is 110 Å². The first kappa shape index (κ1) is 39.2. The van der Waals surface area contributed by atoms with Gasteiger partial charge < -0.3 is 9.47 Å². The summed E-state index contributed by atoms with van der Waals surface area (Å²) in [4.78, 5) is 14.8. The number of piperidine rings is 2. The third-order valence-corrected chi connectivity index (χ3v) is 15.8. The number of carbonyl (C=O) groups excluding carboxylic acids is 1. The van der Waals surface area contributed by atoms with Crippen molar-refractivity contribution in [3.8, 4) is 11.5 Å². The zero-order valence-electron chi connectivity index (χ0n) is 30.7. The number of ether oxygens (including phenoxy) is 2. The molecule has 1 amide bonds. The fourth-order valence-electron chi connectivity index (χ4n) is 8.30. The fourth-order valence-corrected chi connectivity index (χ4v) is 11.9. The van der Waals surface area contributed by atoms with Crippen LogP contribution in [0.2, 0.25) is 0 Å². The van der Waals surface area contributed by atoms with Crippen molar-refractivity contribution in [2.75, 3.05) is 32.8 Å². The third-order valence-electron chi connectivity index (χ3n) is 11.1. The first-order valence-corrected chi connectivity index (χ1v) is 22.4. The number of fused-ring (bicyclic) bond motifs is 1. The number of rotatable bonds is 8. The summed E-state index contributed by atoms with van der Waals surface area (Å²) in [6.07, 6.45) is 5.64. The minimum atomic E-state index is -3.83. The lowest BCUT2D eigenvalue weighted by atomic mass is 9.87. The summed E-state index contributed by atoms with van der Waals surface area (Å²) in [7, 11) is -7.60. The lowest BCUT2D eigenvalue weighted by Gasteiger charge is -2.53. The van der Waals surface area contributed by atoms with Gasteiger partial charge in [-0.25, -0.2) is 16.8 Å². The highest BCUT2D eigenvalue weighted by Gasteiger charge is 2.60. The summed E-state index contributed by atoms with van der Waals surface area (Å²) < 4.78 is 69.4. The number of hydrogen-bond donors (Lipinski definition) is 0. The predicted molar refractivity (Wildman–Crippen MR) is 212 cm³/mol. The largest absolute Gasteiger partial charge is 0.522 e. The van der Waals surface area contributed by atoms with Crippen LogP contribution in [0.15, 0.2) is 112 Å². The van der Waals surface area contributed by atoms with Crippen LogP contribution < -0.4 is 4.74 Å². The van der Waals surface area contributed by atoms with Crippen molar-refractivity contribution in [1.82, 2.24) is 8.61 Å². The SMILES string of the molecule is CC(C)(C)c1ccc(S(=O)(=O)N2CCC([N+]3(C4CCN(S(=O)(=O)c5ccc(Oc6ccccc6)cc5)CC4)C(=O)OCC4=CC(Cl)(Br)CC=C43)CC2)cc1. The van der Waals surface area contributed by atoms with Gasteiger partial charge in [-0.05, 0) is 71.7 Å². The number of hydrogen-bond acceptors (Lipinski definition) is 7. The molecule has 14 heteroatoms. The van der Waals surface area contributed by atoms with Gasteiger partial charge in [-0.15, -0.1) is 11.6 Å². The molecule has 10 nitrogen and oxygen atoms in total.